The van der Waals surface area contributed by atoms with Crippen molar-refractivity contribution in [2.24, 2.45) is 5.92 Å². The van der Waals surface area contributed by atoms with Gasteiger partial charge < -0.3 is 15.8 Å². The Hall–Kier alpha value is -1.38. The molecule has 1 aromatic rings. The molecule has 0 atom stereocenters. The Bertz CT molecular complexity index is 364. The second-order valence-corrected chi connectivity index (χ2v) is 5.42. The fourth-order valence-electron chi connectivity index (χ4n) is 1.89. The number of nitrogens with one attached hydrogen (secondary N) is 1. The van der Waals surface area contributed by atoms with Crippen molar-refractivity contribution in [3.63, 3.8) is 0 Å². The molecule has 0 amide bonds. The first-order chi connectivity index (χ1) is 9.13. The average molecular weight is 264 g/mol. The van der Waals surface area contributed by atoms with E-state index in [9.17, 15) is 0 Å². The largest absolute Gasteiger partial charge is 0.491 e. The number of unbranched alkanes of at least 4 members (excludes halogenated alkanes) is 1. The molecule has 0 radical (unpaired) electrons. The second-order valence-electron chi connectivity index (χ2n) is 5.42. The van der Waals surface area contributed by atoms with Crippen molar-refractivity contribution in [2.45, 2.75) is 46.5 Å². The van der Waals surface area contributed by atoms with Crippen LogP contribution in [0, 0.1) is 5.92 Å². The molecule has 0 heterocycles. The van der Waals surface area contributed by atoms with Crippen LogP contribution in [0.15, 0.2) is 18.2 Å². The molecule has 1 aromatic carbocycles. The van der Waals surface area contributed by atoms with E-state index in [1.54, 1.807) is 0 Å². The minimum absolute atomic E-state index is 0.707. The first-order valence-corrected chi connectivity index (χ1v) is 7.39. The van der Waals surface area contributed by atoms with E-state index in [1.807, 2.05) is 18.2 Å². The molecule has 0 aromatic heterocycles. The van der Waals surface area contributed by atoms with Gasteiger partial charge in [0.25, 0.3) is 0 Å². The smallest absolute Gasteiger partial charge is 0.144 e. The molecule has 108 valence electrons. The summed E-state index contributed by atoms with van der Waals surface area (Å²) in [6.07, 6.45) is 4.77. The van der Waals surface area contributed by atoms with E-state index in [1.165, 1.54) is 19.3 Å². The summed E-state index contributed by atoms with van der Waals surface area (Å²) in [6.45, 7) is 8.34. The lowest BCUT2D eigenvalue weighted by molar-refractivity contribution is 0.319. The lowest BCUT2D eigenvalue weighted by Gasteiger charge is -2.12. The molecular weight excluding hydrogens is 236 g/mol. The van der Waals surface area contributed by atoms with E-state index in [0.717, 1.165) is 30.3 Å². The fourth-order valence-corrected chi connectivity index (χ4v) is 1.89. The van der Waals surface area contributed by atoms with Crippen LogP contribution in [0.5, 0.6) is 5.75 Å². The summed E-state index contributed by atoms with van der Waals surface area (Å²) in [5.41, 5.74) is 7.68. The highest BCUT2D eigenvalue weighted by atomic mass is 16.5. The molecule has 0 unspecified atom stereocenters. The lowest BCUT2D eigenvalue weighted by atomic mass is 10.1. The lowest BCUT2D eigenvalue weighted by Crippen LogP contribution is -2.04. The van der Waals surface area contributed by atoms with Gasteiger partial charge in [0.05, 0.1) is 12.3 Å². The van der Waals surface area contributed by atoms with Crippen LogP contribution in [0.4, 0.5) is 11.4 Å². The maximum absolute atomic E-state index is 5.89. The van der Waals surface area contributed by atoms with E-state index in [0.29, 0.717) is 12.3 Å². The van der Waals surface area contributed by atoms with Crippen LogP contribution in [-0.4, -0.2) is 13.2 Å². The number of nitrogens with two attached hydrogens (primary N) is 1. The summed E-state index contributed by atoms with van der Waals surface area (Å²) in [5.74, 6) is 1.58. The zero-order chi connectivity index (χ0) is 14.1. The molecule has 0 fully saturated rings. The van der Waals surface area contributed by atoms with Crippen molar-refractivity contribution in [3.8, 4) is 5.75 Å². The van der Waals surface area contributed by atoms with E-state index in [-0.39, 0.29) is 0 Å². The summed E-state index contributed by atoms with van der Waals surface area (Å²) < 4.78 is 5.62. The molecule has 1 rings (SSSR count). The first kappa shape index (κ1) is 15.7. The summed E-state index contributed by atoms with van der Waals surface area (Å²) in [7, 11) is 0. The molecule has 0 saturated carbocycles. The monoisotopic (exact) mass is 264 g/mol. The Labute approximate surface area is 117 Å². The van der Waals surface area contributed by atoms with Crippen LogP contribution >= 0.6 is 0 Å². The van der Waals surface area contributed by atoms with Gasteiger partial charge in [0.15, 0.2) is 0 Å². The summed E-state index contributed by atoms with van der Waals surface area (Å²) in [6, 6.07) is 5.91. The van der Waals surface area contributed by atoms with Gasteiger partial charge in [-0.25, -0.2) is 0 Å². The predicted molar refractivity (Wildman–Crippen MR) is 83.8 cm³/mol. The molecule has 0 spiro atoms. The Morgan fingerprint density at radius 1 is 1.26 bits per heavy atom. The van der Waals surface area contributed by atoms with Crippen molar-refractivity contribution in [1.29, 1.82) is 0 Å². The zero-order valence-electron chi connectivity index (χ0n) is 12.5. The van der Waals surface area contributed by atoms with Crippen LogP contribution in [0.2, 0.25) is 0 Å². The molecule has 19 heavy (non-hydrogen) atoms. The average Bonchev–Trinajstić information content (AvgIpc) is 2.38. The number of anilines is 2. The molecule has 0 saturated heterocycles. The highest BCUT2D eigenvalue weighted by Gasteiger charge is 2.02. The molecular formula is C16H28N2O. The highest BCUT2D eigenvalue weighted by molar-refractivity contribution is 5.61. The number of hydrogen-bond donors (Lipinski definition) is 2. The van der Waals surface area contributed by atoms with Crippen LogP contribution in [-0.2, 0) is 0 Å². The highest BCUT2D eigenvalue weighted by Crippen LogP contribution is 2.25. The molecule has 0 aliphatic carbocycles. The zero-order valence-corrected chi connectivity index (χ0v) is 12.5. The van der Waals surface area contributed by atoms with Gasteiger partial charge in [-0.1, -0.05) is 33.6 Å². The van der Waals surface area contributed by atoms with Gasteiger partial charge >= 0.3 is 0 Å². The quantitative estimate of drug-likeness (QED) is 0.516. The number of benzene rings is 1. The van der Waals surface area contributed by atoms with Crippen LogP contribution in [0.25, 0.3) is 0 Å². The van der Waals surface area contributed by atoms with E-state index in [4.69, 9.17) is 10.5 Å². The summed E-state index contributed by atoms with van der Waals surface area (Å²) in [5, 5.41) is 3.43. The Balaban J connectivity index is 2.37. The van der Waals surface area contributed by atoms with Crippen LogP contribution in [0.3, 0.4) is 0 Å². The minimum atomic E-state index is 0.707. The summed E-state index contributed by atoms with van der Waals surface area (Å²) >= 11 is 0. The topological polar surface area (TPSA) is 47.3 Å². The van der Waals surface area contributed by atoms with Crippen molar-refractivity contribution >= 4 is 11.4 Å². The number of nitrogen functional groups attached to an aromatic ring is 1. The molecule has 0 aliphatic rings. The maximum atomic E-state index is 5.89. The Morgan fingerprint density at radius 2 is 2.05 bits per heavy atom. The van der Waals surface area contributed by atoms with Gasteiger partial charge in [0.2, 0.25) is 0 Å². The third-order valence-electron chi connectivity index (χ3n) is 3.01. The minimum Gasteiger partial charge on any atom is -0.491 e. The maximum Gasteiger partial charge on any atom is 0.144 e. The number of hydrogen-bond acceptors (Lipinski definition) is 3. The Kier molecular flexibility index (Phi) is 7.16. The number of ether oxygens (including phenoxy) is 1. The normalized spacial score (nSPS) is 10.7. The molecule has 0 bridgehead atoms. The first-order valence-electron chi connectivity index (χ1n) is 7.39. The van der Waals surface area contributed by atoms with Crippen molar-refractivity contribution < 1.29 is 4.74 Å². The van der Waals surface area contributed by atoms with Gasteiger partial charge in [-0.05, 0) is 30.9 Å². The second kappa shape index (κ2) is 8.68. The third kappa shape index (κ3) is 6.37. The standard InChI is InChI=1S/C16H28N2O/c1-4-11-19-16-12-14(8-9-15(16)17)18-10-6-5-7-13(2)3/h8-9,12-13,18H,4-7,10-11,17H2,1-3H3. The van der Waals surface area contributed by atoms with Gasteiger partial charge in [-0.2, -0.15) is 0 Å². The SMILES string of the molecule is CCCOc1cc(NCCCCC(C)C)ccc1N. The Morgan fingerprint density at radius 3 is 2.74 bits per heavy atom. The van der Waals surface area contributed by atoms with Gasteiger partial charge in [-0.15, -0.1) is 0 Å². The fraction of sp³-hybridized carbons (Fsp3) is 0.625. The van der Waals surface area contributed by atoms with Gasteiger partial charge in [-0.3, -0.25) is 0 Å². The third-order valence-corrected chi connectivity index (χ3v) is 3.01. The van der Waals surface area contributed by atoms with Gasteiger partial charge in [0.1, 0.15) is 5.75 Å². The van der Waals surface area contributed by atoms with Crippen molar-refractivity contribution in [2.75, 3.05) is 24.2 Å². The van der Waals surface area contributed by atoms with E-state index in [2.05, 4.69) is 26.1 Å². The summed E-state index contributed by atoms with van der Waals surface area (Å²) in [4.78, 5) is 0. The molecule has 3 N–H and O–H groups in total. The van der Waals surface area contributed by atoms with Crippen molar-refractivity contribution in [3.05, 3.63) is 18.2 Å². The molecule has 3 nitrogen and oxygen atoms in total. The van der Waals surface area contributed by atoms with E-state index < -0.39 is 0 Å². The van der Waals surface area contributed by atoms with Gasteiger partial charge in [0, 0.05) is 18.3 Å². The van der Waals surface area contributed by atoms with E-state index >= 15 is 0 Å². The number of rotatable bonds is 9. The van der Waals surface area contributed by atoms with Crippen molar-refractivity contribution in [1.82, 2.24) is 0 Å². The van der Waals surface area contributed by atoms with Crippen LogP contribution in [0.1, 0.15) is 46.5 Å². The molecule has 0 aliphatic heterocycles. The molecule has 3 heteroatoms. The van der Waals surface area contributed by atoms with Crippen LogP contribution < -0.4 is 15.8 Å². The predicted octanol–water partition coefficient (Wildman–Crippen LogP) is 4.30.